The maximum Gasteiger partial charge on any atom is 0.229 e. The highest BCUT2D eigenvalue weighted by atomic mass is 32.1. The topological polar surface area (TPSA) is 75.1 Å². The van der Waals surface area contributed by atoms with Crippen molar-refractivity contribution in [3.8, 4) is 11.1 Å². The monoisotopic (exact) mass is 357 g/mol. The smallest absolute Gasteiger partial charge is 0.229 e. The Morgan fingerprint density at radius 2 is 2.28 bits per heavy atom. The molecule has 1 aromatic carbocycles. The summed E-state index contributed by atoms with van der Waals surface area (Å²) >= 11 is 1.38. The Morgan fingerprint density at radius 3 is 3.04 bits per heavy atom. The van der Waals surface area contributed by atoms with Crippen molar-refractivity contribution in [3.05, 3.63) is 42.0 Å². The van der Waals surface area contributed by atoms with Crippen LogP contribution in [0.3, 0.4) is 0 Å². The van der Waals surface area contributed by atoms with E-state index in [0.717, 1.165) is 27.8 Å². The Balaban J connectivity index is 1.61. The Bertz CT molecular complexity index is 972. The third-order valence-corrected chi connectivity index (χ3v) is 5.51. The molecule has 7 heteroatoms. The predicted molar refractivity (Wildman–Crippen MR) is 94.9 cm³/mol. The molecule has 2 atom stereocenters. The standard InChI is InChI=1S/C18H16FN3O2S/c1-9-13(6-20-7-14(9)19)10-2-3-15-16(5-10)25-18(21-15)22-17(24)12-4-11(12)8-23/h2-3,5-7,11-12,23H,4,8H2,1H3,(H,21,22,24)/t11?,12-/m0/s1. The average molecular weight is 357 g/mol. The van der Waals surface area contributed by atoms with Crippen molar-refractivity contribution < 1.29 is 14.3 Å². The summed E-state index contributed by atoms with van der Waals surface area (Å²) < 4.78 is 14.6. The van der Waals surface area contributed by atoms with Crippen LogP contribution in [0, 0.1) is 24.6 Å². The number of aliphatic hydroxyl groups is 1. The molecule has 2 heterocycles. The van der Waals surface area contributed by atoms with Crippen LogP contribution in [0.2, 0.25) is 0 Å². The maximum absolute atomic E-state index is 13.7. The highest BCUT2D eigenvalue weighted by molar-refractivity contribution is 7.22. The first kappa shape index (κ1) is 16.1. The number of halogens is 1. The van der Waals surface area contributed by atoms with Crippen molar-refractivity contribution in [2.24, 2.45) is 11.8 Å². The van der Waals surface area contributed by atoms with Crippen LogP contribution in [0.25, 0.3) is 21.3 Å². The zero-order valence-corrected chi connectivity index (χ0v) is 14.3. The van der Waals surface area contributed by atoms with E-state index in [1.807, 2.05) is 18.2 Å². The van der Waals surface area contributed by atoms with Gasteiger partial charge in [-0.25, -0.2) is 9.37 Å². The van der Waals surface area contributed by atoms with Crippen molar-refractivity contribution in [2.75, 3.05) is 11.9 Å². The number of hydrogen-bond acceptors (Lipinski definition) is 5. The number of thiazole rings is 1. The number of rotatable bonds is 4. The zero-order valence-electron chi connectivity index (χ0n) is 13.5. The molecule has 0 spiro atoms. The van der Waals surface area contributed by atoms with Gasteiger partial charge >= 0.3 is 0 Å². The van der Waals surface area contributed by atoms with Gasteiger partial charge in [0.25, 0.3) is 0 Å². The first-order chi connectivity index (χ1) is 12.1. The lowest BCUT2D eigenvalue weighted by Gasteiger charge is -2.05. The van der Waals surface area contributed by atoms with Gasteiger partial charge in [0, 0.05) is 24.3 Å². The number of amides is 1. The molecule has 0 aliphatic heterocycles. The number of nitrogens with one attached hydrogen (secondary N) is 1. The minimum atomic E-state index is -0.335. The van der Waals surface area contributed by atoms with Crippen LogP contribution in [0.4, 0.5) is 9.52 Å². The van der Waals surface area contributed by atoms with Crippen LogP contribution < -0.4 is 5.32 Å². The molecule has 4 rings (SSSR count). The molecule has 0 saturated heterocycles. The van der Waals surface area contributed by atoms with Gasteiger partial charge in [-0.1, -0.05) is 17.4 Å². The Kier molecular flexibility index (Phi) is 3.97. The summed E-state index contributed by atoms with van der Waals surface area (Å²) in [5.41, 5.74) is 2.93. The molecule has 1 aliphatic rings. The molecule has 5 nitrogen and oxygen atoms in total. The highest BCUT2D eigenvalue weighted by Crippen LogP contribution is 2.39. The lowest BCUT2D eigenvalue weighted by Crippen LogP contribution is -2.15. The summed E-state index contributed by atoms with van der Waals surface area (Å²) in [6.45, 7) is 1.77. The number of nitrogens with zero attached hydrogens (tertiary/aromatic N) is 2. The van der Waals surface area contributed by atoms with Gasteiger partial charge in [0.05, 0.1) is 16.4 Å². The van der Waals surface area contributed by atoms with Crippen LogP contribution in [-0.4, -0.2) is 27.6 Å². The van der Waals surface area contributed by atoms with Gasteiger partial charge in [-0.3, -0.25) is 9.78 Å². The zero-order chi connectivity index (χ0) is 17.6. The minimum Gasteiger partial charge on any atom is -0.396 e. The van der Waals surface area contributed by atoms with Crippen LogP contribution in [-0.2, 0) is 4.79 Å². The summed E-state index contributed by atoms with van der Waals surface area (Å²) in [7, 11) is 0. The largest absolute Gasteiger partial charge is 0.396 e. The highest BCUT2D eigenvalue weighted by Gasteiger charge is 2.42. The van der Waals surface area contributed by atoms with Crippen LogP contribution in [0.15, 0.2) is 30.6 Å². The molecular formula is C18H16FN3O2S. The normalized spacial score (nSPS) is 19.2. The second-order valence-electron chi connectivity index (χ2n) is 6.27. The Morgan fingerprint density at radius 1 is 1.44 bits per heavy atom. The van der Waals surface area contributed by atoms with E-state index in [4.69, 9.17) is 5.11 Å². The number of carbonyl (C=O) groups excluding carboxylic acids is 1. The molecule has 0 bridgehead atoms. The molecular weight excluding hydrogens is 341 g/mol. The molecule has 2 N–H and O–H groups in total. The Hall–Kier alpha value is -2.38. The van der Waals surface area contributed by atoms with E-state index < -0.39 is 0 Å². The first-order valence-electron chi connectivity index (χ1n) is 7.99. The summed E-state index contributed by atoms with van der Waals surface area (Å²) in [6.07, 6.45) is 3.57. The Labute approximate surface area is 147 Å². The number of aromatic nitrogens is 2. The number of hydrogen-bond donors (Lipinski definition) is 2. The number of aliphatic hydroxyl groups excluding tert-OH is 1. The maximum atomic E-state index is 13.7. The third kappa shape index (κ3) is 3.01. The second-order valence-corrected chi connectivity index (χ2v) is 7.30. The quantitative estimate of drug-likeness (QED) is 0.751. The fraction of sp³-hybridized carbons (Fsp3) is 0.278. The van der Waals surface area contributed by atoms with Gasteiger partial charge < -0.3 is 10.4 Å². The molecule has 1 unspecified atom stereocenters. The van der Waals surface area contributed by atoms with Crippen molar-refractivity contribution in [1.29, 1.82) is 0 Å². The van der Waals surface area contributed by atoms with Crippen LogP contribution in [0.5, 0.6) is 0 Å². The van der Waals surface area contributed by atoms with Crippen molar-refractivity contribution in [1.82, 2.24) is 9.97 Å². The molecule has 1 saturated carbocycles. The number of fused-ring (bicyclic) bond motifs is 1. The van der Waals surface area contributed by atoms with E-state index in [-0.39, 0.29) is 30.2 Å². The second kappa shape index (κ2) is 6.16. The minimum absolute atomic E-state index is 0.0440. The van der Waals surface area contributed by atoms with E-state index in [9.17, 15) is 9.18 Å². The van der Waals surface area contributed by atoms with Gasteiger partial charge in [0.2, 0.25) is 5.91 Å². The predicted octanol–water partition coefficient (Wildman–Crippen LogP) is 3.37. The summed E-state index contributed by atoms with van der Waals surface area (Å²) in [6, 6.07) is 5.66. The van der Waals surface area contributed by atoms with Crippen molar-refractivity contribution in [3.63, 3.8) is 0 Å². The summed E-state index contributed by atoms with van der Waals surface area (Å²) in [4.78, 5) is 20.4. The lowest BCUT2D eigenvalue weighted by molar-refractivity contribution is -0.117. The molecule has 3 aromatic rings. The average Bonchev–Trinajstić information content (AvgIpc) is 3.29. The van der Waals surface area contributed by atoms with E-state index in [0.29, 0.717) is 10.7 Å². The number of pyridine rings is 1. The van der Waals surface area contributed by atoms with Gasteiger partial charge in [-0.2, -0.15) is 0 Å². The lowest BCUT2D eigenvalue weighted by atomic mass is 10.0. The van der Waals surface area contributed by atoms with E-state index in [1.165, 1.54) is 17.5 Å². The van der Waals surface area contributed by atoms with E-state index in [2.05, 4.69) is 15.3 Å². The van der Waals surface area contributed by atoms with Gasteiger partial charge in [-0.05, 0) is 42.5 Å². The molecule has 2 aromatic heterocycles. The van der Waals surface area contributed by atoms with Gasteiger partial charge in [0.1, 0.15) is 5.82 Å². The van der Waals surface area contributed by atoms with Crippen LogP contribution in [0.1, 0.15) is 12.0 Å². The molecule has 0 radical (unpaired) electrons. The molecule has 25 heavy (non-hydrogen) atoms. The van der Waals surface area contributed by atoms with Gasteiger partial charge in [-0.15, -0.1) is 0 Å². The number of carbonyl (C=O) groups is 1. The number of benzene rings is 1. The third-order valence-electron chi connectivity index (χ3n) is 4.58. The van der Waals surface area contributed by atoms with E-state index in [1.54, 1.807) is 13.1 Å². The fourth-order valence-electron chi connectivity index (χ4n) is 2.90. The molecule has 1 amide bonds. The molecule has 1 fully saturated rings. The SMILES string of the molecule is Cc1c(F)cncc1-c1ccc2nc(NC(=O)[C@H]3CC3CO)sc2c1. The van der Waals surface area contributed by atoms with Crippen LogP contribution >= 0.6 is 11.3 Å². The first-order valence-corrected chi connectivity index (χ1v) is 8.81. The molecule has 1 aliphatic carbocycles. The molecule has 128 valence electrons. The van der Waals surface area contributed by atoms with Crippen molar-refractivity contribution in [2.45, 2.75) is 13.3 Å². The van der Waals surface area contributed by atoms with Crippen molar-refractivity contribution >= 4 is 32.6 Å². The summed E-state index contributed by atoms with van der Waals surface area (Å²) in [5, 5.41) is 12.4. The summed E-state index contributed by atoms with van der Waals surface area (Å²) in [5.74, 6) is -0.473. The number of anilines is 1. The van der Waals surface area contributed by atoms with E-state index >= 15 is 0 Å². The fourth-order valence-corrected chi connectivity index (χ4v) is 3.81. The van der Waals surface area contributed by atoms with Gasteiger partial charge in [0.15, 0.2) is 5.13 Å².